The molecule has 23 heavy (non-hydrogen) atoms. The summed E-state index contributed by atoms with van der Waals surface area (Å²) in [5.74, 6) is 0.280. The van der Waals surface area contributed by atoms with E-state index in [1.165, 1.54) is 11.8 Å². The Bertz CT molecular complexity index is 717. The third kappa shape index (κ3) is 5.57. The first-order valence-electron chi connectivity index (χ1n) is 6.88. The first kappa shape index (κ1) is 17.9. The number of rotatable bonds is 6. The molecule has 120 valence electrons. The lowest BCUT2D eigenvalue weighted by Crippen LogP contribution is -2.16. The Morgan fingerprint density at radius 1 is 1.00 bits per heavy atom. The summed E-state index contributed by atoms with van der Waals surface area (Å²) >= 11 is 12.9. The van der Waals surface area contributed by atoms with Gasteiger partial charge in [0.25, 0.3) is 0 Å². The molecule has 6 heteroatoms. The maximum Gasteiger partial charge on any atom is 0.234 e. The highest BCUT2D eigenvalue weighted by Gasteiger charge is 2.09. The van der Waals surface area contributed by atoms with Crippen molar-refractivity contribution in [2.75, 3.05) is 16.8 Å². The number of carbonyl (C=O) groups is 2. The maximum atomic E-state index is 12.0. The Kier molecular flexibility index (Phi) is 6.51. The fraction of sp³-hybridized carbons (Fsp3) is 0.176. The normalized spacial score (nSPS) is 10.4. The van der Waals surface area contributed by atoms with Crippen molar-refractivity contribution in [2.45, 2.75) is 6.92 Å². The standard InChI is InChI=1S/C17H15Cl2NO2S/c1-11-8-14(19)6-7-15(11)20-17(22)10-23-9-16(21)12-2-4-13(18)5-3-12/h2-8H,9-10H2,1H3,(H,20,22). The van der Waals surface area contributed by atoms with Crippen molar-refractivity contribution in [3.8, 4) is 0 Å². The molecule has 0 saturated carbocycles. The van der Waals surface area contributed by atoms with Crippen LogP contribution >= 0.6 is 35.0 Å². The summed E-state index contributed by atoms with van der Waals surface area (Å²) in [6, 6.07) is 12.0. The Balaban J connectivity index is 1.80. The molecule has 2 aromatic carbocycles. The second-order valence-electron chi connectivity index (χ2n) is 4.93. The summed E-state index contributed by atoms with van der Waals surface area (Å²) in [6.07, 6.45) is 0. The van der Waals surface area contributed by atoms with Crippen LogP contribution in [0.1, 0.15) is 15.9 Å². The van der Waals surface area contributed by atoms with Crippen molar-refractivity contribution in [3.05, 3.63) is 63.6 Å². The topological polar surface area (TPSA) is 46.2 Å². The number of carbonyl (C=O) groups excluding carboxylic acids is 2. The minimum Gasteiger partial charge on any atom is -0.325 e. The number of benzene rings is 2. The Morgan fingerprint density at radius 3 is 2.30 bits per heavy atom. The van der Waals surface area contributed by atoms with E-state index in [1.54, 1.807) is 42.5 Å². The van der Waals surface area contributed by atoms with E-state index in [1.807, 2.05) is 6.92 Å². The van der Waals surface area contributed by atoms with Gasteiger partial charge in [-0.3, -0.25) is 9.59 Å². The highest BCUT2D eigenvalue weighted by Crippen LogP contribution is 2.20. The van der Waals surface area contributed by atoms with E-state index >= 15 is 0 Å². The van der Waals surface area contributed by atoms with Crippen molar-refractivity contribution in [3.63, 3.8) is 0 Å². The van der Waals surface area contributed by atoms with Crippen LogP contribution in [0.15, 0.2) is 42.5 Å². The van der Waals surface area contributed by atoms with E-state index < -0.39 is 0 Å². The largest absolute Gasteiger partial charge is 0.325 e. The summed E-state index contributed by atoms with van der Waals surface area (Å²) in [6.45, 7) is 1.87. The van der Waals surface area contributed by atoms with Gasteiger partial charge in [0.2, 0.25) is 5.91 Å². The molecule has 2 aromatic rings. The minimum atomic E-state index is -0.149. The van der Waals surface area contributed by atoms with Crippen LogP contribution in [0.3, 0.4) is 0 Å². The Morgan fingerprint density at radius 2 is 1.65 bits per heavy atom. The number of thioether (sulfide) groups is 1. The van der Waals surface area contributed by atoms with E-state index in [2.05, 4.69) is 5.32 Å². The van der Waals surface area contributed by atoms with Crippen molar-refractivity contribution < 1.29 is 9.59 Å². The number of halogens is 2. The highest BCUT2D eigenvalue weighted by molar-refractivity contribution is 8.00. The van der Waals surface area contributed by atoms with E-state index in [4.69, 9.17) is 23.2 Å². The molecule has 0 aliphatic heterocycles. The molecule has 0 unspecified atom stereocenters. The number of nitrogens with one attached hydrogen (secondary N) is 1. The smallest absolute Gasteiger partial charge is 0.234 e. The predicted octanol–water partition coefficient (Wildman–Crippen LogP) is 4.86. The number of hydrogen-bond acceptors (Lipinski definition) is 3. The molecule has 0 aliphatic rings. The number of ketones is 1. The van der Waals surface area contributed by atoms with Gasteiger partial charge in [0.05, 0.1) is 11.5 Å². The molecule has 0 saturated heterocycles. The summed E-state index contributed by atoms with van der Waals surface area (Å²) in [4.78, 5) is 23.9. The number of anilines is 1. The first-order valence-corrected chi connectivity index (χ1v) is 8.79. The van der Waals surface area contributed by atoms with Gasteiger partial charge >= 0.3 is 0 Å². The van der Waals surface area contributed by atoms with Crippen LogP contribution in [-0.2, 0) is 4.79 Å². The second kappa shape index (κ2) is 8.39. The highest BCUT2D eigenvalue weighted by atomic mass is 35.5. The van der Waals surface area contributed by atoms with E-state index in [-0.39, 0.29) is 23.2 Å². The second-order valence-corrected chi connectivity index (χ2v) is 6.79. The number of amides is 1. The summed E-state index contributed by atoms with van der Waals surface area (Å²) in [5, 5.41) is 4.03. The fourth-order valence-electron chi connectivity index (χ4n) is 1.91. The third-order valence-corrected chi connectivity index (χ3v) is 4.51. The van der Waals surface area contributed by atoms with Gasteiger partial charge in [0.1, 0.15) is 0 Å². The van der Waals surface area contributed by atoms with Gasteiger partial charge in [0, 0.05) is 21.3 Å². The van der Waals surface area contributed by atoms with Crippen molar-refractivity contribution in [1.82, 2.24) is 0 Å². The van der Waals surface area contributed by atoms with E-state index in [0.29, 0.717) is 15.6 Å². The Hall–Kier alpha value is -1.49. The lowest BCUT2D eigenvalue weighted by molar-refractivity contribution is -0.113. The Labute approximate surface area is 149 Å². The molecular weight excluding hydrogens is 353 g/mol. The third-order valence-electron chi connectivity index (χ3n) is 3.10. The quantitative estimate of drug-likeness (QED) is 0.741. The zero-order valence-electron chi connectivity index (χ0n) is 12.4. The molecule has 0 aromatic heterocycles. The van der Waals surface area contributed by atoms with Gasteiger partial charge < -0.3 is 5.32 Å². The molecule has 1 amide bonds. The van der Waals surface area contributed by atoms with Crippen molar-refractivity contribution >= 4 is 52.3 Å². The van der Waals surface area contributed by atoms with Crippen LogP contribution < -0.4 is 5.32 Å². The van der Waals surface area contributed by atoms with E-state index in [9.17, 15) is 9.59 Å². The molecule has 0 heterocycles. The number of Topliss-reactive ketones (excluding diaryl/α,β-unsaturated/α-hetero) is 1. The van der Waals surface area contributed by atoms with Gasteiger partial charge in [-0.1, -0.05) is 23.2 Å². The van der Waals surface area contributed by atoms with Crippen molar-refractivity contribution in [2.24, 2.45) is 0 Å². The van der Waals surface area contributed by atoms with Crippen molar-refractivity contribution in [1.29, 1.82) is 0 Å². The van der Waals surface area contributed by atoms with Crippen LogP contribution in [0.25, 0.3) is 0 Å². The van der Waals surface area contributed by atoms with Crippen LogP contribution in [0.4, 0.5) is 5.69 Å². The summed E-state index contributed by atoms with van der Waals surface area (Å²) < 4.78 is 0. The maximum absolute atomic E-state index is 12.0. The number of aryl methyl sites for hydroxylation is 1. The average molecular weight is 368 g/mol. The summed E-state index contributed by atoms with van der Waals surface area (Å²) in [7, 11) is 0. The molecule has 0 aliphatic carbocycles. The number of hydrogen-bond donors (Lipinski definition) is 1. The molecular formula is C17H15Cl2NO2S. The van der Waals surface area contributed by atoms with Gasteiger partial charge in [-0.25, -0.2) is 0 Å². The van der Waals surface area contributed by atoms with E-state index in [0.717, 1.165) is 11.3 Å². The van der Waals surface area contributed by atoms with Crippen LogP contribution in [0.5, 0.6) is 0 Å². The molecule has 0 spiro atoms. The first-order chi connectivity index (χ1) is 11.0. The van der Waals surface area contributed by atoms with Crippen LogP contribution in [0, 0.1) is 6.92 Å². The molecule has 3 nitrogen and oxygen atoms in total. The van der Waals surface area contributed by atoms with Gasteiger partial charge in [0.15, 0.2) is 5.78 Å². The summed E-state index contributed by atoms with van der Waals surface area (Å²) in [5.41, 5.74) is 2.22. The molecule has 0 atom stereocenters. The minimum absolute atomic E-state index is 0.0258. The monoisotopic (exact) mass is 367 g/mol. The molecule has 2 rings (SSSR count). The predicted molar refractivity (Wildman–Crippen MR) is 97.9 cm³/mol. The molecule has 0 fully saturated rings. The zero-order chi connectivity index (χ0) is 16.8. The van der Waals surface area contributed by atoms with Crippen LogP contribution in [-0.4, -0.2) is 23.2 Å². The zero-order valence-corrected chi connectivity index (χ0v) is 14.8. The molecule has 0 radical (unpaired) electrons. The van der Waals surface area contributed by atoms with Crippen LogP contribution in [0.2, 0.25) is 10.0 Å². The molecule has 1 N–H and O–H groups in total. The van der Waals surface area contributed by atoms with Gasteiger partial charge in [-0.2, -0.15) is 0 Å². The lowest BCUT2D eigenvalue weighted by Gasteiger charge is -2.08. The van der Waals surface area contributed by atoms with Gasteiger partial charge in [-0.05, 0) is 55.0 Å². The SMILES string of the molecule is Cc1cc(Cl)ccc1NC(=O)CSCC(=O)c1ccc(Cl)cc1. The lowest BCUT2D eigenvalue weighted by atomic mass is 10.1. The molecule has 0 bridgehead atoms. The average Bonchev–Trinajstić information content (AvgIpc) is 2.50. The fourth-order valence-corrected chi connectivity index (χ4v) is 2.97. The van der Waals surface area contributed by atoms with Gasteiger partial charge in [-0.15, -0.1) is 11.8 Å².